The van der Waals surface area contributed by atoms with Crippen LogP contribution in [0.3, 0.4) is 0 Å². The van der Waals surface area contributed by atoms with Gasteiger partial charge in [-0.1, -0.05) is 0 Å². The maximum Gasteiger partial charge on any atom is 0.139 e. The van der Waals surface area contributed by atoms with Gasteiger partial charge in [0.25, 0.3) is 0 Å². The van der Waals surface area contributed by atoms with Crippen LogP contribution in [-0.4, -0.2) is 19.7 Å². The van der Waals surface area contributed by atoms with Gasteiger partial charge in [0, 0.05) is 31.9 Å². The average molecular weight is 215 g/mol. The van der Waals surface area contributed by atoms with Gasteiger partial charge in [0.1, 0.15) is 11.3 Å². The van der Waals surface area contributed by atoms with E-state index in [4.69, 9.17) is 5.73 Å². The number of aryl methyl sites for hydroxylation is 1. The van der Waals surface area contributed by atoms with Crippen molar-refractivity contribution in [1.82, 2.24) is 19.7 Å². The second-order valence-electron chi connectivity index (χ2n) is 3.72. The number of hydrogen-bond acceptors (Lipinski definition) is 3. The lowest BCUT2D eigenvalue weighted by atomic mass is 10.2. The molecule has 3 aromatic heterocycles. The summed E-state index contributed by atoms with van der Waals surface area (Å²) >= 11 is 0. The number of hydrogen-bond donors (Lipinski definition) is 2. The number of nitrogen functional groups attached to an aromatic ring is 1. The second-order valence-corrected chi connectivity index (χ2v) is 3.72. The summed E-state index contributed by atoms with van der Waals surface area (Å²) in [5.41, 5.74) is 9.21. The van der Waals surface area contributed by atoms with E-state index in [0.29, 0.717) is 0 Å². The fourth-order valence-corrected chi connectivity index (χ4v) is 1.74. The number of anilines is 1. The number of aromatic amines is 1. The van der Waals surface area contributed by atoms with Crippen LogP contribution in [0.15, 0.2) is 30.6 Å². The standard InChI is InChI=1S/C11H11N5.H2/c1-16-5-3-9(15-16)10-6-7-8(12)2-4-13-11(7)14-10;/h2-6H,1H3,(H3,12,13,14);1H. The van der Waals surface area contributed by atoms with Crippen molar-refractivity contribution in [1.29, 1.82) is 0 Å². The minimum atomic E-state index is 0. The Kier molecular flexibility index (Phi) is 1.73. The highest BCUT2D eigenvalue weighted by molar-refractivity contribution is 5.91. The molecule has 0 radical (unpaired) electrons. The minimum absolute atomic E-state index is 0. The number of H-pyrrole nitrogens is 1. The molecule has 3 heterocycles. The minimum Gasteiger partial charge on any atom is -0.398 e. The Morgan fingerprint density at radius 2 is 2.31 bits per heavy atom. The normalized spacial score (nSPS) is 11.1. The van der Waals surface area contributed by atoms with Crippen molar-refractivity contribution >= 4 is 16.7 Å². The molecule has 0 spiro atoms. The van der Waals surface area contributed by atoms with Crippen molar-refractivity contribution in [3.8, 4) is 11.4 Å². The summed E-state index contributed by atoms with van der Waals surface area (Å²) in [7, 11) is 1.89. The molecule has 0 bridgehead atoms. The van der Waals surface area contributed by atoms with Crippen LogP contribution in [0.25, 0.3) is 22.4 Å². The van der Waals surface area contributed by atoms with E-state index < -0.39 is 0 Å². The van der Waals surface area contributed by atoms with Crippen molar-refractivity contribution < 1.29 is 1.43 Å². The Labute approximate surface area is 93.4 Å². The molecule has 0 aliphatic heterocycles. The van der Waals surface area contributed by atoms with Gasteiger partial charge in [0.15, 0.2) is 0 Å². The quantitative estimate of drug-likeness (QED) is 0.650. The molecule has 0 saturated carbocycles. The summed E-state index contributed by atoms with van der Waals surface area (Å²) in [6.07, 6.45) is 3.59. The van der Waals surface area contributed by atoms with E-state index in [2.05, 4.69) is 15.1 Å². The molecular formula is C11H13N5. The maximum atomic E-state index is 5.87. The third-order valence-corrected chi connectivity index (χ3v) is 2.56. The molecule has 0 aliphatic carbocycles. The zero-order valence-electron chi connectivity index (χ0n) is 8.81. The molecule has 3 aromatic rings. The Hall–Kier alpha value is -2.30. The van der Waals surface area contributed by atoms with E-state index in [1.54, 1.807) is 16.9 Å². The molecule has 0 amide bonds. The predicted molar refractivity (Wildman–Crippen MR) is 64.8 cm³/mol. The smallest absolute Gasteiger partial charge is 0.139 e. The van der Waals surface area contributed by atoms with E-state index in [0.717, 1.165) is 28.1 Å². The zero-order valence-corrected chi connectivity index (χ0v) is 8.81. The van der Waals surface area contributed by atoms with Crippen molar-refractivity contribution in [2.45, 2.75) is 0 Å². The lowest BCUT2D eigenvalue weighted by molar-refractivity contribution is 0.770. The number of aromatic nitrogens is 4. The molecule has 5 heteroatoms. The molecule has 0 aliphatic rings. The third-order valence-electron chi connectivity index (χ3n) is 2.56. The van der Waals surface area contributed by atoms with Crippen LogP contribution < -0.4 is 5.73 Å². The number of nitrogens with two attached hydrogens (primary N) is 1. The molecule has 0 atom stereocenters. The Bertz CT molecular complexity index is 655. The van der Waals surface area contributed by atoms with Crippen molar-refractivity contribution in [2.75, 3.05) is 5.73 Å². The van der Waals surface area contributed by atoms with Gasteiger partial charge in [-0.25, -0.2) is 4.98 Å². The third kappa shape index (κ3) is 1.25. The first kappa shape index (κ1) is 8.96. The van der Waals surface area contributed by atoms with Gasteiger partial charge in [-0.05, 0) is 18.2 Å². The van der Waals surface area contributed by atoms with Crippen LogP contribution in [0.5, 0.6) is 0 Å². The molecular weight excluding hydrogens is 202 g/mol. The largest absolute Gasteiger partial charge is 0.398 e. The van der Waals surface area contributed by atoms with Crippen LogP contribution in [-0.2, 0) is 7.05 Å². The van der Waals surface area contributed by atoms with Gasteiger partial charge in [0.2, 0.25) is 0 Å². The Morgan fingerprint density at radius 3 is 3.00 bits per heavy atom. The fourth-order valence-electron chi connectivity index (χ4n) is 1.74. The first-order chi connectivity index (χ1) is 7.74. The number of nitrogens with one attached hydrogen (secondary N) is 1. The number of fused-ring (bicyclic) bond motifs is 1. The van der Waals surface area contributed by atoms with Crippen LogP contribution in [0.4, 0.5) is 5.69 Å². The molecule has 0 unspecified atom stereocenters. The van der Waals surface area contributed by atoms with Gasteiger partial charge in [-0.3, -0.25) is 4.68 Å². The molecule has 0 aromatic carbocycles. The highest BCUT2D eigenvalue weighted by Crippen LogP contribution is 2.24. The van der Waals surface area contributed by atoms with Crippen LogP contribution >= 0.6 is 0 Å². The lowest BCUT2D eigenvalue weighted by Crippen LogP contribution is -1.87. The summed E-state index contributed by atoms with van der Waals surface area (Å²) in [4.78, 5) is 7.42. The number of pyridine rings is 1. The topological polar surface area (TPSA) is 72.5 Å². The van der Waals surface area contributed by atoms with Gasteiger partial charge in [-0.15, -0.1) is 0 Å². The van der Waals surface area contributed by atoms with Crippen molar-refractivity contribution in [3.05, 3.63) is 30.6 Å². The Balaban J connectivity index is 0.00000108. The van der Waals surface area contributed by atoms with Crippen molar-refractivity contribution in [2.24, 2.45) is 7.05 Å². The number of nitrogens with zero attached hydrogens (tertiary/aromatic N) is 3. The molecule has 0 fully saturated rings. The Morgan fingerprint density at radius 1 is 1.44 bits per heavy atom. The van der Waals surface area contributed by atoms with Gasteiger partial charge in [-0.2, -0.15) is 5.10 Å². The summed E-state index contributed by atoms with van der Waals surface area (Å²) in [6, 6.07) is 5.71. The highest BCUT2D eigenvalue weighted by atomic mass is 15.2. The summed E-state index contributed by atoms with van der Waals surface area (Å²) in [5.74, 6) is 0. The van der Waals surface area contributed by atoms with Gasteiger partial charge < -0.3 is 10.7 Å². The highest BCUT2D eigenvalue weighted by Gasteiger charge is 2.07. The van der Waals surface area contributed by atoms with E-state index in [9.17, 15) is 0 Å². The summed E-state index contributed by atoms with van der Waals surface area (Å²) < 4.78 is 1.76. The molecule has 16 heavy (non-hydrogen) atoms. The fraction of sp³-hybridized carbons (Fsp3) is 0.0909. The monoisotopic (exact) mass is 215 g/mol. The average Bonchev–Trinajstić information content (AvgIpc) is 2.84. The summed E-state index contributed by atoms with van der Waals surface area (Å²) in [5, 5.41) is 5.26. The van der Waals surface area contributed by atoms with Gasteiger partial charge in [0.05, 0.1) is 5.69 Å². The van der Waals surface area contributed by atoms with E-state index in [-0.39, 0.29) is 1.43 Å². The van der Waals surface area contributed by atoms with E-state index in [1.807, 2.05) is 25.4 Å². The number of rotatable bonds is 1. The molecule has 3 N–H and O–H groups in total. The predicted octanol–water partition coefficient (Wildman–Crippen LogP) is 1.79. The van der Waals surface area contributed by atoms with Crippen LogP contribution in [0.1, 0.15) is 1.43 Å². The first-order valence-corrected chi connectivity index (χ1v) is 4.97. The maximum absolute atomic E-state index is 5.87. The van der Waals surface area contributed by atoms with Crippen LogP contribution in [0.2, 0.25) is 0 Å². The van der Waals surface area contributed by atoms with Gasteiger partial charge >= 0.3 is 0 Å². The molecule has 82 valence electrons. The lowest BCUT2D eigenvalue weighted by Gasteiger charge is -1.91. The first-order valence-electron chi connectivity index (χ1n) is 4.97. The zero-order chi connectivity index (χ0) is 11.1. The van der Waals surface area contributed by atoms with Crippen LogP contribution in [0, 0.1) is 0 Å². The second kappa shape index (κ2) is 3.10. The molecule has 5 nitrogen and oxygen atoms in total. The molecule has 0 saturated heterocycles. The van der Waals surface area contributed by atoms with Crippen molar-refractivity contribution in [3.63, 3.8) is 0 Å². The summed E-state index contributed by atoms with van der Waals surface area (Å²) in [6.45, 7) is 0. The van der Waals surface area contributed by atoms with E-state index >= 15 is 0 Å². The SMILES string of the molecule is Cn1ccc(-c2cc3c(N)ccnc3[nH]2)n1.[HH]. The van der Waals surface area contributed by atoms with E-state index in [1.165, 1.54) is 0 Å². The molecule has 3 rings (SSSR count).